The van der Waals surface area contributed by atoms with Gasteiger partial charge < -0.3 is 0 Å². The van der Waals surface area contributed by atoms with E-state index >= 15 is 0 Å². The maximum absolute atomic E-state index is 12.6. The molecule has 0 fully saturated rings. The van der Waals surface area contributed by atoms with Crippen molar-refractivity contribution in [2.75, 3.05) is 0 Å². The van der Waals surface area contributed by atoms with Crippen molar-refractivity contribution in [1.29, 1.82) is 0 Å². The van der Waals surface area contributed by atoms with E-state index < -0.39 is 15.8 Å². The fourth-order valence-electron chi connectivity index (χ4n) is 1.18. The molecule has 0 spiro atoms. The number of nitrogens with one attached hydrogen (secondary N) is 1. The van der Waals surface area contributed by atoms with E-state index in [1.165, 1.54) is 12.1 Å². The highest BCUT2D eigenvalue weighted by molar-refractivity contribution is 7.89. The Balaban J connectivity index is 2.73. The van der Waals surface area contributed by atoms with Crippen LogP contribution >= 0.6 is 0 Å². The third-order valence-electron chi connectivity index (χ3n) is 1.77. The van der Waals surface area contributed by atoms with Crippen molar-refractivity contribution in [2.24, 2.45) is 0 Å². The zero-order chi connectivity index (χ0) is 8.77. The molecule has 0 aromatic heterocycles. The number of sulfonamides is 1. The van der Waals surface area contributed by atoms with E-state index in [-0.39, 0.29) is 11.4 Å². The molecule has 0 saturated carbocycles. The van der Waals surface area contributed by atoms with Gasteiger partial charge in [0.1, 0.15) is 5.82 Å². The summed E-state index contributed by atoms with van der Waals surface area (Å²) in [5.74, 6) is -0.527. The first-order chi connectivity index (χ1) is 5.59. The van der Waals surface area contributed by atoms with Gasteiger partial charge in [0.15, 0.2) is 0 Å². The first kappa shape index (κ1) is 7.70. The van der Waals surface area contributed by atoms with Gasteiger partial charge in [0.25, 0.3) is 0 Å². The van der Waals surface area contributed by atoms with Crippen LogP contribution in [0.2, 0.25) is 0 Å². The summed E-state index contributed by atoms with van der Waals surface area (Å²) in [6, 6.07) is 3.76. The molecule has 12 heavy (non-hydrogen) atoms. The Labute approximate surface area is 69.3 Å². The van der Waals surface area contributed by atoms with Gasteiger partial charge in [-0.05, 0) is 17.7 Å². The van der Waals surface area contributed by atoms with E-state index in [9.17, 15) is 12.8 Å². The number of benzene rings is 1. The van der Waals surface area contributed by atoms with Crippen LogP contribution in [-0.2, 0) is 16.6 Å². The number of hydrogen-bond donors (Lipinski definition) is 1. The Morgan fingerprint density at radius 2 is 2.17 bits per heavy atom. The molecule has 0 unspecified atom stereocenters. The summed E-state index contributed by atoms with van der Waals surface area (Å²) in [6.07, 6.45) is 0. The van der Waals surface area contributed by atoms with Gasteiger partial charge in [0.05, 0.1) is 4.90 Å². The van der Waals surface area contributed by atoms with Crippen LogP contribution < -0.4 is 4.72 Å². The minimum atomic E-state index is -3.42. The lowest BCUT2D eigenvalue weighted by Gasteiger charge is -1.95. The van der Waals surface area contributed by atoms with Crippen LogP contribution in [0.15, 0.2) is 23.1 Å². The SMILES string of the molecule is O=S1(=O)NCc2ccc(F)cc21. The van der Waals surface area contributed by atoms with Gasteiger partial charge in [-0.3, -0.25) is 0 Å². The number of hydrogen-bond acceptors (Lipinski definition) is 2. The van der Waals surface area contributed by atoms with Crippen LogP contribution in [0.5, 0.6) is 0 Å². The molecule has 0 atom stereocenters. The van der Waals surface area contributed by atoms with Gasteiger partial charge in [0.2, 0.25) is 10.0 Å². The van der Waals surface area contributed by atoms with Crippen LogP contribution in [0.1, 0.15) is 5.56 Å². The molecule has 1 N–H and O–H groups in total. The highest BCUT2D eigenvalue weighted by Crippen LogP contribution is 2.22. The van der Waals surface area contributed by atoms with E-state index in [4.69, 9.17) is 0 Å². The summed E-state index contributed by atoms with van der Waals surface area (Å²) in [5, 5.41) is 0. The highest BCUT2D eigenvalue weighted by atomic mass is 32.2. The van der Waals surface area contributed by atoms with E-state index in [1.54, 1.807) is 0 Å². The molecule has 1 aliphatic heterocycles. The Morgan fingerprint density at radius 1 is 1.42 bits per heavy atom. The van der Waals surface area contributed by atoms with Gasteiger partial charge in [-0.15, -0.1) is 0 Å². The normalized spacial score (nSPS) is 19.1. The summed E-state index contributed by atoms with van der Waals surface area (Å²) >= 11 is 0. The second kappa shape index (κ2) is 2.27. The van der Waals surface area contributed by atoms with Gasteiger partial charge in [-0.1, -0.05) is 6.07 Å². The fraction of sp³-hybridized carbons (Fsp3) is 0.143. The van der Waals surface area contributed by atoms with E-state index in [0.29, 0.717) is 5.56 Å². The maximum Gasteiger partial charge on any atom is 0.241 e. The zero-order valence-electron chi connectivity index (χ0n) is 6.04. The predicted molar refractivity (Wildman–Crippen MR) is 40.4 cm³/mol. The molecule has 1 aromatic carbocycles. The fourth-order valence-corrected chi connectivity index (χ4v) is 2.43. The molecule has 2 rings (SSSR count). The third-order valence-corrected chi connectivity index (χ3v) is 3.25. The van der Waals surface area contributed by atoms with Crippen LogP contribution in [0.4, 0.5) is 4.39 Å². The lowest BCUT2D eigenvalue weighted by molar-refractivity contribution is 0.587. The van der Waals surface area contributed by atoms with E-state index in [1.807, 2.05) is 0 Å². The van der Waals surface area contributed by atoms with Crippen molar-refractivity contribution in [1.82, 2.24) is 4.72 Å². The monoisotopic (exact) mass is 187 g/mol. The molecule has 0 radical (unpaired) electrons. The predicted octanol–water partition coefficient (Wildman–Crippen LogP) is 0.618. The van der Waals surface area contributed by atoms with Gasteiger partial charge >= 0.3 is 0 Å². The molecule has 3 nitrogen and oxygen atoms in total. The van der Waals surface area contributed by atoms with Crippen molar-refractivity contribution in [3.05, 3.63) is 29.6 Å². The Hall–Kier alpha value is -0.940. The summed E-state index contributed by atoms with van der Waals surface area (Å²) < 4.78 is 37.2. The van der Waals surface area contributed by atoms with Crippen molar-refractivity contribution in [3.8, 4) is 0 Å². The van der Waals surface area contributed by atoms with Gasteiger partial charge in [-0.2, -0.15) is 0 Å². The molecule has 0 saturated heterocycles. The van der Waals surface area contributed by atoms with Crippen LogP contribution in [0.25, 0.3) is 0 Å². The summed E-state index contributed by atoms with van der Waals surface area (Å²) in [6.45, 7) is 0.262. The van der Waals surface area contributed by atoms with Crippen molar-refractivity contribution in [2.45, 2.75) is 11.4 Å². The first-order valence-corrected chi connectivity index (χ1v) is 4.86. The lowest BCUT2D eigenvalue weighted by Crippen LogP contribution is -2.13. The number of halogens is 1. The number of rotatable bonds is 0. The molecule has 1 aliphatic rings. The topological polar surface area (TPSA) is 46.2 Å². The summed E-state index contributed by atoms with van der Waals surface area (Å²) in [4.78, 5) is 0.0579. The minimum absolute atomic E-state index is 0.0579. The van der Waals surface area contributed by atoms with Gasteiger partial charge in [0, 0.05) is 6.54 Å². The summed E-state index contributed by atoms with van der Waals surface area (Å²) in [5.41, 5.74) is 0.622. The quantitative estimate of drug-likeness (QED) is 0.647. The van der Waals surface area contributed by atoms with Crippen molar-refractivity contribution < 1.29 is 12.8 Å². The molecule has 1 heterocycles. The van der Waals surface area contributed by atoms with Gasteiger partial charge in [-0.25, -0.2) is 17.5 Å². The minimum Gasteiger partial charge on any atom is -0.207 e. The molecule has 0 amide bonds. The second-order valence-electron chi connectivity index (χ2n) is 2.58. The Morgan fingerprint density at radius 3 is 2.92 bits per heavy atom. The second-order valence-corrected chi connectivity index (χ2v) is 4.31. The van der Waals surface area contributed by atoms with Crippen LogP contribution in [0.3, 0.4) is 0 Å². The maximum atomic E-state index is 12.6. The zero-order valence-corrected chi connectivity index (χ0v) is 6.86. The van der Waals surface area contributed by atoms with Crippen LogP contribution in [0, 0.1) is 5.82 Å². The Bertz CT molecular complexity index is 427. The summed E-state index contributed by atoms with van der Waals surface area (Å²) in [7, 11) is -3.42. The molecular formula is C7H6FNO2S. The highest BCUT2D eigenvalue weighted by Gasteiger charge is 2.25. The molecule has 0 aliphatic carbocycles. The van der Waals surface area contributed by atoms with Crippen molar-refractivity contribution in [3.63, 3.8) is 0 Å². The molecule has 5 heteroatoms. The van der Waals surface area contributed by atoms with E-state index in [0.717, 1.165) is 6.07 Å². The van der Waals surface area contributed by atoms with Crippen LogP contribution in [-0.4, -0.2) is 8.42 Å². The Kier molecular flexibility index (Phi) is 1.46. The number of fused-ring (bicyclic) bond motifs is 1. The van der Waals surface area contributed by atoms with E-state index in [2.05, 4.69) is 4.72 Å². The molecule has 1 aromatic rings. The molecular weight excluding hydrogens is 181 g/mol. The lowest BCUT2D eigenvalue weighted by atomic mass is 10.2. The standard InChI is InChI=1S/C7H6FNO2S/c8-6-2-1-5-4-9-12(10,11)7(5)3-6/h1-3,9H,4H2. The largest absolute Gasteiger partial charge is 0.241 e. The average molecular weight is 187 g/mol. The first-order valence-electron chi connectivity index (χ1n) is 3.38. The molecule has 64 valence electrons. The third kappa shape index (κ3) is 1.02. The molecule has 0 bridgehead atoms. The van der Waals surface area contributed by atoms with Crippen molar-refractivity contribution >= 4 is 10.0 Å². The smallest absolute Gasteiger partial charge is 0.207 e. The average Bonchev–Trinajstić information content (AvgIpc) is 2.28.